The normalized spacial score (nSPS) is 14.1. The summed E-state index contributed by atoms with van der Waals surface area (Å²) in [6, 6.07) is 15.5. The molecule has 1 amide bonds. The number of hydrogen-bond acceptors (Lipinski definition) is 5. The second-order valence-corrected chi connectivity index (χ2v) is 8.15. The number of rotatable bonds is 10. The largest absolute Gasteiger partial charge is 0.497 e. The van der Waals surface area contributed by atoms with E-state index in [2.05, 4.69) is 11.0 Å². The number of carbonyl (C=O) groups excluding carboxylic acids is 1. The molecule has 0 spiro atoms. The maximum absolute atomic E-state index is 12.5. The van der Waals surface area contributed by atoms with Gasteiger partial charge in [0.05, 0.1) is 19.6 Å². The summed E-state index contributed by atoms with van der Waals surface area (Å²) >= 11 is 0. The lowest BCUT2D eigenvalue weighted by atomic mass is 9.96. The predicted molar refractivity (Wildman–Crippen MR) is 123 cm³/mol. The third kappa shape index (κ3) is 6.64. The Kier molecular flexibility index (Phi) is 8.36. The molecule has 1 saturated heterocycles. The van der Waals surface area contributed by atoms with Crippen molar-refractivity contribution in [2.75, 3.05) is 38.8 Å². The van der Waals surface area contributed by atoms with E-state index < -0.39 is 5.97 Å². The van der Waals surface area contributed by atoms with Gasteiger partial charge >= 0.3 is 5.97 Å². The van der Waals surface area contributed by atoms with Gasteiger partial charge in [-0.2, -0.15) is 0 Å². The van der Waals surface area contributed by atoms with Gasteiger partial charge in [0, 0.05) is 38.8 Å². The SMILES string of the molecule is COc1ccc(OCCCC(=O)N(C)Cc2cccc(N3CCC(C(=O)O)CC3)c2)cc1. The smallest absolute Gasteiger partial charge is 0.306 e. The van der Waals surface area contributed by atoms with Crippen molar-refractivity contribution in [1.82, 2.24) is 4.90 Å². The molecule has 1 N–H and O–H groups in total. The van der Waals surface area contributed by atoms with Crippen molar-refractivity contribution < 1.29 is 24.2 Å². The summed E-state index contributed by atoms with van der Waals surface area (Å²) < 4.78 is 10.8. The van der Waals surface area contributed by atoms with Gasteiger partial charge in [0.25, 0.3) is 0 Å². The monoisotopic (exact) mass is 440 g/mol. The minimum atomic E-state index is -0.701. The van der Waals surface area contributed by atoms with Crippen molar-refractivity contribution in [2.24, 2.45) is 5.92 Å². The molecule has 7 heteroatoms. The van der Waals surface area contributed by atoms with Crippen LogP contribution in [0.4, 0.5) is 5.69 Å². The van der Waals surface area contributed by atoms with Crippen molar-refractivity contribution in [3.8, 4) is 11.5 Å². The average molecular weight is 441 g/mol. The van der Waals surface area contributed by atoms with Crippen LogP contribution in [0.1, 0.15) is 31.2 Å². The lowest BCUT2D eigenvalue weighted by molar-refractivity contribution is -0.142. The summed E-state index contributed by atoms with van der Waals surface area (Å²) in [6.45, 7) is 2.50. The Morgan fingerprint density at radius 3 is 2.44 bits per heavy atom. The summed E-state index contributed by atoms with van der Waals surface area (Å²) in [5, 5.41) is 9.18. The molecule has 32 heavy (non-hydrogen) atoms. The van der Waals surface area contributed by atoms with Crippen LogP contribution in [0.5, 0.6) is 11.5 Å². The molecular formula is C25H32N2O5. The summed E-state index contributed by atoms with van der Waals surface area (Å²) in [7, 11) is 3.44. The van der Waals surface area contributed by atoms with E-state index >= 15 is 0 Å². The first-order chi connectivity index (χ1) is 15.5. The molecule has 1 heterocycles. The number of anilines is 1. The molecule has 1 fully saturated rings. The molecule has 0 saturated carbocycles. The number of amides is 1. The van der Waals surface area contributed by atoms with E-state index in [1.807, 2.05) is 49.5 Å². The zero-order valence-corrected chi connectivity index (χ0v) is 18.8. The molecule has 3 rings (SSSR count). The van der Waals surface area contributed by atoms with Gasteiger partial charge in [-0.25, -0.2) is 0 Å². The van der Waals surface area contributed by atoms with Gasteiger partial charge in [-0.1, -0.05) is 12.1 Å². The third-order valence-electron chi connectivity index (χ3n) is 5.83. The lowest BCUT2D eigenvalue weighted by Gasteiger charge is -2.32. The van der Waals surface area contributed by atoms with Crippen molar-refractivity contribution in [1.29, 1.82) is 0 Å². The minimum Gasteiger partial charge on any atom is -0.497 e. The summed E-state index contributed by atoms with van der Waals surface area (Å²) in [5.74, 6) is 0.676. The highest BCUT2D eigenvalue weighted by molar-refractivity contribution is 5.75. The van der Waals surface area contributed by atoms with Crippen LogP contribution in [0.15, 0.2) is 48.5 Å². The Hall–Kier alpha value is -3.22. The minimum absolute atomic E-state index is 0.0796. The number of ether oxygens (including phenoxy) is 2. The van der Waals surface area contributed by atoms with Crippen LogP contribution in [0.3, 0.4) is 0 Å². The zero-order valence-electron chi connectivity index (χ0n) is 18.8. The Labute approximate surface area is 189 Å². The van der Waals surface area contributed by atoms with Gasteiger partial charge in [-0.05, 0) is 61.2 Å². The Balaban J connectivity index is 1.42. The van der Waals surface area contributed by atoms with Gasteiger partial charge in [0.15, 0.2) is 0 Å². The highest BCUT2D eigenvalue weighted by atomic mass is 16.5. The van der Waals surface area contributed by atoms with Crippen LogP contribution in [0.25, 0.3) is 0 Å². The Morgan fingerprint density at radius 2 is 1.78 bits per heavy atom. The van der Waals surface area contributed by atoms with Crippen LogP contribution < -0.4 is 14.4 Å². The number of piperidine rings is 1. The van der Waals surface area contributed by atoms with Crippen molar-refractivity contribution in [2.45, 2.75) is 32.2 Å². The standard InChI is InChI=1S/C25H32N2O5/c1-26(24(28)7-4-16-32-23-10-8-22(31-2)9-11-23)18-19-5-3-6-21(17-19)27-14-12-20(13-15-27)25(29)30/h3,5-6,8-11,17,20H,4,7,12-16,18H2,1-2H3,(H,29,30). The number of carboxylic acid groups (broad SMARTS) is 1. The van der Waals surface area contributed by atoms with Crippen molar-refractivity contribution in [3.05, 3.63) is 54.1 Å². The summed E-state index contributed by atoms with van der Waals surface area (Å²) in [6.07, 6.45) is 2.40. The van der Waals surface area contributed by atoms with Crippen LogP contribution in [0, 0.1) is 5.92 Å². The van der Waals surface area contributed by atoms with Crippen LogP contribution in [-0.2, 0) is 16.1 Å². The molecular weight excluding hydrogens is 408 g/mol. The highest BCUT2D eigenvalue weighted by Gasteiger charge is 2.24. The first-order valence-corrected chi connectivity index (χ1v) is 11.0. The van der Waals surface area contributed by atoms with E-state index in [4.69, 9.17) is 9.47 Å². The zero-order chi connectivity index (χ0) is 22.9. The fraction of sp³-hybridized carbons (Fsp3) is 0.440. The molecule has 0 aliphatic carbocycles. The summed E-state index contributed by atoms with van der Waals surface area (Å²) in [5.41, 5.74) is 2.15. The van der Waals surface area contributed by atoms with E-state index in [0.717, 1.165) is 35.8 Å². The Bertz CT molecular complexity index is 891. The maximum atomic E-state index is 12.5. The molecule has 0 unspecified atom stereocenters. The van der Waals surface area contributed by atoms with E-state index in [9.17, 15) is 14.7 Å². The second kappa shape index (κ2) is 11.4. The average Bonchev–Trinajstić information content (AvgIpc) is 2.82. The fourth-order valence-electron chi connectivity index (χ4n) is 3.87. The number of aliphatic carboxylic acids is 1. The van der Waals surface area contributed by atoms with Gasteiger partial charge in [-0.15, -0.1) is 0 Å². The van der Waals surface area contributed by atoms with Gasteiger partial charge in [-0.3, -0.25) is 9.59 Å². The van der Waals surface area contributed by atoms with Crippen molar-refractivity contribution in [3.63, 3.8) is 0 Å². The van der Waals surface area contributed by atoms with Gasteiger partial charge in [0.1, 0.15) is 11.5 Å². The van der Waals surface area contributed by atoms with Crippen LogP contribution in [0.2, 0.25) is 0 Å². The first kappa shape index (κ1) is 23.4. The molecule has 0 radical (unpaired) electrons. The number of hydrogen-bond donors (Lipinski definition) is 1. The quantitative estimate of drug-likeness (QED) is 0.566. The number of carbonyl (C=O) groups is 2. The molecule has 2 aromatic carbocycles. The number of methoxy groups -OCH3 is 1. The van der Waals surface area contributed by atoms with Crippen LogP contribution >= 0.6 is 0 Å². The molecule has 0 atom stereocenters. The van der Waals surface area contributed by atoms with Crippen LogP contribution in [-0.4, -0.2) is 55.7 Å². The first-order valence-electron chi connectivity index (χ1n) is 11.0. The van der Waals surface area contributed by atoms with Gasteiger partial charge < -0.3 is 24.4 Å². The lowest BCUT2D eigenvalue weighted by Crippen LogP contribution is -2.36. The van der Waals surface area contributed by atoms with Crippen molar-refractivity contribution >= 4 is 17.6 Å². The van der Waals surface area contributed by atoms with E-state index in [0.29, 0.717) is 38.8 Å². The summed E-state index contributed by atoms with van der Waals surface area (Å²) in [4.78, 5) is 27.6. The second-order valence-electron chi connectivity index (χ2n) is 8.15. The number of carboxylic acids is 1. The fourth-order valence-corrected chi connectivity index (χ4v) is 3.87. The molecule has 7 nitrogen and oxygen atoms in total. The molecule has 0 aromatic heterocycles. The number of nitrogens with zero attached hydrogens (tertiary/aromatic N) is 2. The molecule has 1 aliphatic heterocycles. The topological polar surface area (TPSA) is 79.3 Å². The molecule has 0 bridgehead atoms. The highest BCUT2D eigenvalue weighted by Crippen LogP contribution is 2.24. The molecule has 2 aromatic rings. The molecule has 172 valence electrons. The van der Waals surface area contributed by atoms with E-state index in [1.54, 1.807) is 12.0 Å². The predicted octanol–water partition coefficient (Wildman–Crippen LogP) is 3.81. The molecule has 1 aliphatic rings. The Morgan fingerprint density at radius 1 is 1.09 bits per heavy atom. The maximum Gasteiger partial charge on any atom is 0.306 e. The number of benzene rings is 2. The third-order valence-corrected chi connectivity index (χ3v) is 5.83. The van der Waals surface area contributed by atoms with E-state index in [-0.39, 0.29) is 11.8 Å². The van der Waals surface area contributed by atoms with E-state index in [1.165, 1.54) is 0 Å². The van der Waals surface area contributed by atoms with Gasteiger partial charge in [0.2, 0.25) is 5.91 Å².